The summed E-state index contributed by atoms with van der Waals surface area (Å²) in [6, 6.07) is 22.0. The van der Waals surface area contributed by atoms with Gasteiger partial charge in [0.05, 0.1) is 22.1 Å². The van der Waals surface area contributed by atoms with Crippen molar-refractivity contribution in [3.63, 3.8) is 0 Å². The molecule has 0 atom stereocenters. The molecule has 0 fully saturated rings. The lowest BCUT2D eigenvalue weighted by Gasteiger charge is -2.11. The van der Waals surface area contributed by atoms with E-state index in [2.05, 4.69) is 41.0 Å². The third-order valence-corrected chi connectivity index (χ3v) is 5.11. The Morgan fingerprint density at radius 2 is 1.38 bits per heavy atom. The SMILES string of the molecule is CCCNC(=O)Nc1ccc2nc3c4ccccc4c4ccccc4c3nc2c1. The standard InChI is InChI=1S/C24H20N4O/c1-2-13-25-24(29)26-15-11-12-20-21(14-15)28-23-19-10-6-4-8-17(19)16-7-3-5-9-18(16)22(23)27-20/h3-12,14H,2,13H2,1H3,(H2,25,26,29). The van der Waals surface area contributed by atoms with E-state index in [4.69, 9.17) is 9.97 Å². The van der Waals surface area contributed by atoms with E-state index < -0.39 is 0 Å². The van der Waals surface area contributed by atoms with Crippen LogP contribution in [-0.4, -0.2) is 22.5 Å². The topological polar surface area (TPSA) is 66.9 Å². The molecule has 29 heavy (non-hydrogen) atoms. The minimum absolute atomic E-state index is 0.212. The van der Waals surface area contributed by atoms with Crippen LogP contribution in [0.5, 0.6) is 0 Å². The molecule has 0 aliphatic carbocycles. The number of hydrogen-bond acceptors (Lipinski definition) is 3. The number of amides is 2. The zero-order chi connectivity index (χ0) is 19.8. The summed E-state index contributed by atoms with van der Waals surface area (Å²) in [5, 5.41) is 10.2. The van der Waals surface area contributed by atoms with Crippen molar-refractivity contribution in [2.24, 2.45) is 0 Å². The lowest BCUT2D eigenvalue weighted by molar-refractivity contribution is 0.252. The third-order valence-electron chi connectivity index (χ3n) is 5.11. The van der Waals surface area contributed by atoms with Crippen molar-refractivity contribution >= 4 is 55.3 Å². The zero-order valence-corrected chi connectivity index (χ0v) is 16.1. The first-order valence-corrected chi connectivity index (χ1v) is 9.80. The number of rotatable bonds is 3. The highest BCUT2D eigenvalue weighted by Gasteiger charge is 2.12. The summed E-state index contributed by atoms with van der Waals surface area (Å²) in [4.78, 5) is 21.9. The van der Waals surface area contributed by atoms with E-state index in [1.807, 2.05) is 43.3 Å². The molecule has 1 heterocycles. The number of anilines is 1. The van der Waals surface area contributed by atoms with Crippen molar-refractivity contribution < 1.29 is 4.79 Å². The van der Waals surface area contributed by atoms with Crippen LogP contribution in [0.15, 0.2) is 66.7 Å². The average Bonchev–Trinajstić information content (AvgIpc) is 2.77. The molecule has 0 radical (unpaired) electrons. The Balaban J connectivity index is 1.73. The largest absolute Gasteiger partial charge is 0.338 e. The first kappa shape index (κ1) is 17.4. The molecular weight excluding hydrogens is 360 g/mol. The Labute approximate surface area is 167 Å². The molecule has 0 saturated carbocycles. The molecule has 4 aromatic carbocycles. The molecule has 5 aromatic rings. The van der Waals surface area contributed by atoms with E-state index in [1.165, 1.54) is 5.39 Å². The van der Waals surface area contributed by atoms with Crippen molar-refractivity contribution in [2.45, 2.75) is 13.3 Å². The van der Waals surface area contributed by atoms with E-state index in [9.17, 15) is 4.79 Å². The maximum atomic E-state index is 12.0. The molecule has 5 rings (SSSR count). The summed E-state index contributed by atoms with van der Waals surface area (Å²) in [6.45, 7) is 2.66. The van der Waals surface area contributed by atoms with E-state index in [0.29, 0.717) is 12.2 Å². The molecule has 0 unspecified atom stereocenters. The number of benzene rings is 4. The van der Waals surface area contributed by atoms with Gasteiger partial charge >= 0.3 is 6.03 Å². The van der Waals surface area contributed by atoms with Gasteiger partial charge in [-0.2, -0.15) is 0 Å². The molecule has 2 amide bonds. The summed E-state index contributed by atoms with van der Waals surface area (Å²) in [5.74, 6) is 0. The molecule has 0 spiro atoms. The number of carbonyl (C=O) groups excluding carboxylic acids is 1. The minimum atomic E-state index is -0.212. The molecule has 0 bridgehead atoms. The highest BCUT2D eigenvalue weighted by atomic mass is 16.2. The van der Waals surface area contributed by atoms with Gasteiger partial charge in [-0.25, -0.2) is 14.8 Å². The second-order valence-electron chi connectivity index (χ2n) is 7.10. The molecule has 0 aliphatic heterocycles. The van der Waals surface area contributed by atoms with Crippen molar-refractivity contribution in [3.8, 4) is 0 Å². The number of nitrogens with zero attached hydrogens (tertiary/aromatic N) is 2. The van der Waals surface area contributed by atoms with Crippen molar-refractivity contribution in [2.75, 3.05) is 11.9 Å². The number of nitrogens with one attached hydrogen (secondary N) is 2. The number of hydrogen-bond donors (Lipinski definition) is 2. The number of urea groups is 1. The van der Waals surface area contributed by atoms with Crippen LogP contribution in [0.3, 0.4) is 0 Å². The Bertz CT molecular complexity index is 1390. The van der Waals surface area contributed by atoms with Gasteiger partial charge in [0, 0.05) is 23.0 Å². The van der Waals surface area contributed by atoms with Crippen molar-refractivity contribution in [1.82, 2.24) is 15.3 Å². The van der Waals surface area contributed by atoms with Gasteiger partial charge < -0.3 is 10.6 Å². The van der Waals surface area contributed by atoms with Crippen molar-refractivity contribution in [3.05, 3.63) is 66.7 Å². The summed E-state index contributed by atoms with van der Waals surface area (Å²) >= 11 is 0. The third kappa shape index (κ3) is 3.01. The van der Waals surface area contributed by atoms with Crippen LogP contribution in [0.2, 0.25) is 0 Å². The van der Waals surface area contributed by atoms with Gasteiger partial charge in [0.2, 0.25) is 0 Å². The van der Waals surface area contributed by atoms with E-state index in [0.717, 1.165) is 44.6 Å². The van der Waals surface area contributed by atoms with Gasteiger partial charge in [-0.1, -0.05) is 55.5 Å². The lowest BCUT2D eigenvalue weighted by atomic mass is 9.99. The van der Waals surface area contributed by atoms with Crippen LogP contribution in [0.25, 0.3) is 43.6 Å². The summed E-state index contributed by atoms with van der Waals surface area (Å²) < 4.78 is 0. The van der Waals surface area contributed by atoms with Crippen LogP contribution in [0, 0.1) is 0 Å². The summed E-state index contributed by atoms with van der Waals surface area (Å²) in [5.41, 5.74) is 4.03. The fourth-order valence-electron chi connectivity index (χ4n) is 3.77. The number of fused-ring (bicyclic) bond motifs is 7. The molecule has 0 aliphatic rings. The second kappa shape index (κ2) is 7.02. The first-order valence-electron chi connectivity index (χ1n) is 9.80. The molecule has 2 N–H and O–H groups in total. The fraction of sp³-hybridized carbons (Fsp3) is 0.125. The smallest absolute Gasteiger partial charge is 0.319 e. The lowest BCUT2D eigenvalue weighted by Crippen LogP contribution is -2.29. The van der Waals surface area contributed by atoms with Crippen LogP contribution in [0.4, 0.5) is 10.5 Å². The van der Waals surface area contributed by atoms with Crippen LogP contribution >= 0.6 is 0 Å². The second-order valence-corrected chi connectivity index (χ2v) is 7.10. The highest BCUT2D eigenvalue weighted by molar-refractivity contribution is 6.23. The number of carbonyl (C=O) groups is 1. The van der Waals surface area contributed by atoms with Crippen LogP contribution in [0.1, 0.15) is 13.3 Å². The van der Waals surface area contributed by atoms with E-state index in [-0.39, 0.29) is 6.03 Å². The highest BCUT2D eigenvalue weighted by Crippen LogP contribution is 2.34. The predicted octanol–water partition coefficient (Wildman–Crippen LogP) is 5.62. The monoisotopic (exact) mass is 380 g/mol. The quantitative estimate of drug-likeness (QED) is 0.315. The van der Waals surface area contributed by atoms with Gasteiger partial charge in [0.15, 0.2) is 0 Å². The molecule has 0 saturated heterocycles. The molecule has 1 aromatic heterocycles. The maximum absolute atomic E-state index is 12.0. The van der Waals surface area contributed by atoms with Gasteiger partial charge in [-0.15, -0.1) is 0 Å². The molecule has 5 nitrogen and oxygen atoms in total. The molecule has 142 valence electrons. The average molecular weight is 380 g/mol. The Hall–Kier alpha value is -3.73. The van der Waals surface area contributed by atoms with Gasteiger partial charge in [-0.05, 0) is 35.4 Å². The van der Waals surface area contributed by atoms with Gasteiger partial charge in [0.25, 0.3) is 0 Å². The van der Waals surface area contributed by atoms with Gasteiger partial charge in [0.1, 0.15) is 0 Å². The Morgan fingerprint density at radius 1 is 0.793 bits per heavy atom. The zero-order valence-electron chi connectivity index (χ0n) is 16.1. The normalized spacial score (nSPS) is 11.3. The van der Waals surface area contributed by atoms with E-state index >= 15 is 0 Å². The predicted molar refractivity (Wildman–Crippen MR) is 119 cm³/mol. The van der Waals surface area contributed by atoms with Gasteiger partial charge in [-0.3, -0.25) is 0 Å². The van der Waals surface area contributed by atoms with E-state index in [1.54, 1.807) is 0 Å². The van der Waals surface area contributed by atoms with Crippen LogP contribution in [-0.2, 0) is 0 Å². The van der Waals surface area contributed by atoms with Crippen molar-refractivity contribution in [1.29, 1.82) is 0 Å². The minimum Gasteiger partial charge on any atom is -0.338 e. The summed E-state index contributed by atoms with van der Waals surface area (Å²) in [7, 11) is 0. The first-order chi connectivity index (χ1) is 14.2. The molecule has 5 heteroatoms. The number of aromatic nitrogens is 2. The summed E-state index contributed by atoms with van der Waals surface area (Å²) in [6.07, 6.45) is 0.892. The Morgan fingerprint density at radius 3 is 2.00 bits per heavy atom. The fourth-order valence-corrected chi connectivity index (χ4v) is 3.77. The van der Waals surface area contributed by atoms with Crippen LogP contribution < -0.4 is 10.6 Å². The Kier molecular flexibility index (Phi) is 4.21. The molecular formula is C24H20N4O. The maximum Gasteiger partial charge on any atom is 0.319 e.